The molecule has 1 amide bonds. The maximum absolute atomic E-state index is 12.6. The standard InChI is InChI=1S/C21H26N2O3/c1-15-7-4-5-8-18(15)22-21(24)14-23-12-6-9-19(23)17-13-16(25-2)10-11-20(17)26-3/h4-5,7-8,10-11,13,19H,6,9,12,14H2,1-3H3,(H,22,24)/t19-/m0/s1. The van der Waals surface area contributed by atoms with Crippen molar-refractivity contribution < 1.29 is 14.3 Å². The van der Waals surface area contributed by atoms with Crippen LogP contribution in [0.5, 0.6) is 11.5 Å². The average Bonchev–Trinajstić information content (AvgIpc) is 3.10. The number of carbonyl (C=O) groups excluding carboxylic acids is 1. The van der Waals surface area contributed by atoms with Gasteiger partial charge in [0.2, 0.25) is 5.91 Å². The normalized spacial score (nSPS) is 17.1. The zero-order valence-corrected chi connectivity index (χ0v) is 15.6. The summed E-state index contributed by atoms with van der Waals surface area (Å²) in [6.45, 7) is 3.25. The van der Waals surface area contributed by atoms with Crippen molar-refractivity contribution in [3.8, 4) is 11.5 Å². The molecule has 2 aromatic carbocycles. The minimum Gasteiger partial charge on any atom is -0.497 e. The van der Waals surface area contributed by atoms with E-state index in [1.165, 1.54) is 0 Å². The van der Waals surface area contributed by atoms with Crippen LogP contribution in [0, 0.1) is 6.92 Å². The van der Waals surface area contributed by atoms with Gasteiger partial charge in [0.25, 0.3) is 0 Å². The molecule has 5 heteroatoms. The lowest BCUT2D eigenvalue weighted by molar-refractivity contribution is -0.117. The topological polar surface area (TPSA) is 50.8 Å². The van der Waals surface area contributed by atoms with Crippen molar-refractivity contribution in [3.63, 3.8) is 0 Å². The number of methoxy groups -OCH3 is 2. The summed E-state index contributed by atoms with van der Waals surface area (Å²) in [6.07, 6.45) is 2.06. The number of carbonyl (C=O) groups is 1. The summed E-state index contributed by atoms with van der Waals surface area (Å²) in [7, 11) is 3.34. The lowest BCUT2D eigenvalue weighted by Crippen LogP contribution is -2.33. The number of hydrogen-bond acceptors (Lipinski definition) is 4. The lowest BCUT2D eigenvalue weighted by atomic mass is 10.0. The van der Waals surface area contributed by atoms with Gasteiger partial charge in [-0.1, -0.05) is 18.2 Å². The van der Waals surface area contributed by atoms with Gasteiger partial charge in [0.1, 0.15) is 11.5 Å². The first kappa shape index (κ1) is 18.3. The van der Waals surface area contributed by atoms with Gasteiger partial charge in [-0.2, -0.15) is 0 Å². The number of nitrogens with one attached hydrogen (secondary N) is 1. The highest BCUT2D eigenvalue weighted by atomic mass is 16.5. The summed E-state index contributed by atoms with van der Waals surface area (Å²) >= 11 is 0. The van der Waals surface area contributed by atoms with Crippen LogP contribution in [0.3, 0.4) is 0 Å². The molecule has 3 rings (SSSR count). The van der Waals surface area contributed by atoms with E-state index < -0.39 is 0 Å². The third kappa shape index (κ3) is 3.99. The summed E-state index contributed by atoms with van der Waals surface area (Å²) in [5.41, 5.74) is 3.01. The number of amides is 1. The van der Waals surface area contributed by atoms with E-state index in [4.69, 9.17) is 9.47 Å². The van der Waals surface area contributed by atoms with Gasteiger partial charge in [0.15, 0.2) is 0 Å². The third-order valence-electron chi connectivity index (χ3n) is 4.93. The smallest absolute Gasteiger partial charge is 0.238 e. The zero-order valence-electron chi connectivity index (χ0n) is 15.6. The van der Waals surface area contributed by atoms with E-state index in [-0.39, 0.29) is 11.9 Å². The molecule has 1 aliphatic rings. The van der Waals surface area contributed by atoms with Crippen LogP contribution in [-0.2, 0) is 4.79 Å². The molecule has 0 aromatic heterocycles. The van der Waals surface area contributed by atoms with Gasteiger partial charge in [0, 0.05) is 17.3 Å². The summed E-state index contributed by atoms with van der Waals surface area (Å²) in [5.74, 6) is 1.65. The molecule has 5 nitrogen and oxygen atoms in total. The molecule has 0 unspecified atom stereocenters. The summed E-state index contributed by atoms with van der Waals surface area (Å²) in [4.78, 5) is 14.8. The second-order valence-electron chi connectivity index (χ2n) is 6.60. The molecule has 1 fully saturated rings. The maximum Gasteiger partial charge on any atom is 0.238 e. The van der Waals surface area contributed by atoms with Gasteiger partial charge in [0.05, 0.1) is 20.8 Å². The number of para-hydroxylation sites is 1. The number of benzene rings is 2. The second-order valence-corrected chi connectivity index (χ2v) is 6.60. The van der Waals surface area contributed by atoms with E-state index in [0.717, 1.165) is 47.7 Å². The van der Waals surface area contributed by atoms with Gasteiger partial charge in [-0.3, -0.25) is 9.69 Å². The van der Waals surface area contributed by atoms with E-state index in [9.17, 15) is 4.79 Å². The van der Waals surface area contributed by atoms with Crippen LogP contribution in [0.15, 0.2) is 42.5 Å². The fourth-order valence-corrected chi connectivity index (χ4v) is 3.55. The minimum atomic E-state index is 0.00747. The van der Waals surface area contributed by atoms with Crippen molar-refractivity contribution in [3.05, 3.63) is 53.6 Å². The predicted octanol–water partition coefficient (Wildman–Crippen LogP) is 3.79. The van der Waals surface area contributed by atoms with E-state index >= 15 is 0 Å². The Labute approximate surface area is 154 Å². The van der Waals surface area contributed by atoms with E-state index in [1.54, 1.807) is 14.2 Å². The summed E-state index contributed by atoms with van der Waals surface area (Å²) in [5, 5.41) is 3.02. The van der Waals surface area contributed by atoms with Gasteiger partial charge < -0.3 is 14.8 Å². The lowest BCUT2D eigenvalue weighted by Gasteiger charge is -2.26. The minimum absolute atomic E-state index is 0.00747. The molecule has 1 atom stereocenters. The molecule has 26 heavy (non-hydrogen) atoms. The molecule has 0 spiro atoms. The Morgan fingerprint density at radius 2 is 2.00 bits per heavy atom. The molecule has 0 radical (unpaired) electrons. The Kier molecular flexibility index (Phi) is 5.78. The molecular formula is C21H26N2O3. The average molecular weight is 354 g/mol. The van der Waals surface area contributed by atoms with Crippen LogP contribution in [0.25, 0.3) is 0 Å². The van der Waals surface area contributed by atoms with Crippen molar-refractivity contribution in [2.45, 2.75) is 25.8 Å². The van der Waals surface area contributed by atoms with Crippen LogP contribution >= 0.6 is 0 Å². The van der Waals surface area contributed by atoms with Crippen LogP contribution < -0.4 is 14.8 Å². The number of hydrogen-bond donors (Lipinski definition) is 1. The van der Waals surface area contributed by atoms with Crippen molar-refractivity contribution in [1.82, 2.24) is 4.90 Å². The van der Waals surface area contributed by atoms with Crippen LogP contribution in [-0.4, -0.2) is 38.1 Å². The highest BCUT2D eigenvalue weighted by Gasteiger charge is 2.30. The van der Waals surface area contributed by atoms with Crippen molar-refractivity contribution >= 4 is 11.6 Å². The maximum atomic E-state index is 12.6. The van der Waals surface area contributed by atoms with Crippen LogP contribution in [0.1, 0.15) is 30.0 Å². The molecule has 1 aliphatic heterocycles. The number of rotatable bonds is 6. The van der Waals surface area contributed by atoms with Crippen LogP contribution in [0.2, 0.25) is 0 Å². The van der Waals surface area contributed by atoms with Gasteiger partial charge >= 0.3 is 0 Å². The Morgan fingerprint density at radius 3 is 2.73 bits per heavy atom. The van der Waals surface area contributed by atoms with Gasteiger partial charge in [-0.05, 0) is 56.1 Å². The number of likely N-dealkylation sites (tertiary alicyclic amines) is 1. The SMILES string of the molecule is COc1ccc(OC)c([C@@H]2CCCN2CC(=O)Nc2ccccc2C)c1. The Balaban J connectivity index is 1.74. The highest BCUT2D eigenvalue weighted by molar-refractivity contribution is 5.93. The Bertz CT molecular complexity index is 776. The van der Waals surface area contributed by atoms with Gasteiger partial charge in [-0.25, -0.2) is 0 Å². The molecule has 0 aliphatic carbocycles. The summed E-state index contributed by atoms with van der Waals surface area (Å²) < 4.78 is 10.9. The Morgan fingerprint density at radius 1 is 1.19 bits per heavy atom. The third-order valence-corrected chi connectivity index (χ3v) is 4.93. The first-order chi connectivity index (χ1) is 12.6. The number of ether oxygens (including phenoxy) is 2. The van der Waals surface area contributed by atoms with Crippen molar-refractivity contribution in [1.29, 1.82) is 0 Å². The second kappa shape index (κ2) is 8.23. The molecule has 0 bridgehead atoms. The Hall–Kier alpha value is -2.53. The quantitative estimate of drug-likeness (QED) is 0.857. The molecule has 1 saturated heterocycles. The molecule has 0 saturated carbocycles. The van der Waals surface area contributed by atoms with Gasteiger partial charge in [-0.15, -0.1) is 0 Å². The van der Waals surface area contributed by atoms with Crippen molar-refractivity contribution in [2.24, 2.45) is 0 Å². The predicted molar refractivity (Wildman–Crippen MR) is 103 cm³/mol. The largest absolute Gasteiger partial charge is 0.497 e. The van der Waals surface area contributed by atoms with E-state index in [2.05, 4.69) is 10.2 Å². The number of anilines is 1. The summed E-state index contributed by atoms with van der Waals surface area (Å²) in [6, 6.07) is 13.8. The van der Waals surface area contributed by atoms with E-state index in [0.29, 0.717) is 6.54 Å². The monoisotopic (exact) mass is 354 g/mol. The molecule has 2 aromatic rings. The van der Waals surface area contributed by atoms with Crippen molar-refractivity contribution in [2.75, 3.05) is 32.6 Å². The highest BCUT2D eigenvalue weighted by Crippen LogP contribution is 2.38. The molecule has 138 valence electrons. The van der Waals surface area contributed by atoms with E-state index in [1.807, 2.05) is 49.4 Å². The number of aryl methyl sites for hydroxylation is 1. The zero-order chi connectivity index (χ0) is 18.5. The molecule has 1 N–H and O–H groups in total. The fraction of sp³-hybridized carbons (Fsp3) is 0.381. The molecule has 1 heterocycles. The fourth-order valence-electron chi connectivity index (χ4n) is 3.55. The first-order valence-corrected chi connectivity index (χ1v) is 8.94. The van der Waals surface area contributed by atoms with Crippen LogP contribution in [0.4, 0.5) is 5.69 Å². The number of nitrogens with zero attached hydrogens (tertiary/aromatic N) is 1. The first-order valence-electron chi connectivity index (χ1n) is 8.94. The molecular weight excluding hydrogens is 328 g/mol.